The summed E-state index contributed by atoms with van der Waals surface area (Å²) in [7, 11) is 2.00. The van der Waals surface area contributed by atoms with Gasteiger partial charge in [-0.3, -0.25) is 0 Å². The van der Waals surface area contributed by atoms with Gasteiger partial charge in [-0.25, -0.2) is 9.55 Å². The van der Waals surface area contributed by atoms with Crippen molar-refractivity contribution in [2.75, 3.05) is 0 Å². The lowest BCUT2D eigenvalue weighted by atomic mass is 9.92. The van der Waals surface area contributed by atoms with Gasteiger partial charge in [0, 0.05) is 36.7 Å². The van der Waals surface area contributed by atoms with Crippen LogP contribution in [0.15, 0.2) is 59.1 Å². The first kappa shape index (κ1) is 14.8. The van der Waals surface area contributed by atoms with E-state index < -0.39 is 6.37 Å². The Morgan fingerprint density at radius 3 is 2.61 bits per heavy atom. The Hall–Kier alpha value is -3.20. The van der Waals surface area contributed by atoms with Crippen LogP contribution in [0.5, 0.6) is 0 Å². The van der Waals surface area contributed by atoms with Gasteiger partial charge in [-0.1, -0.05) is 31.2 Å². The van der Waals surface area contributed by atoms with Gasteiger partial charge < -0.3 is 4.42 Å². The minimum absolute atomic E-state index is 0.631. The van der Waals surface area contributed by atoms with Gasteiger partial charge in [0.2, 0.25) is 11.4 Å². The molecule has 0 saturated carbocycles. The third-order valence-electron chi connectivity index (χ3n) is 5.59. The highest BCUT2D eigenvalue weighted by Gasteiger charge is 2.24. The molecule has 3 nitrogen and oxygen atoms in total. The summed E-state index contributed by atoms with van der Waals surface area (Å²) in [6, 6.07) is 16.1. The van der Waals surface area contributed by atoms with Gasteiger partial charge >= 0.3 is 0 Å². The largest absolute Gasteiger partial charge is 0.437 e. The summed E-state index contributed by atoms with van der Waals surface area (Å²) >= 11 is 0. The predicted molar refractivity (Wildman–Crippen MR) is 114 cm³/mol. The molecule has 3 heterocycles. The maximum absolute atomic E-state index is 8.20. The first-order chi connectivity index (χ1) is 14.3. The Morgan fingerprint density at radius 1 is 1.04 bits per heavy atom. The Morgan fingerprint density at radius 2 is 1.82 bits per heavy atom. The summed E-state index contributed by atoms with van der Waals surface area (Å²) in [4.78, 5) is 4.63. The van der Waals surface area contributed by atoms with Gasteiger partial charge in [0.15, 0.2) is 6.20 Å². The number of aromatic nitrogens is 2. The standard InChI is InChI=1S/C25H23N2O/c1-5-17-12-13-27(4)21(14-17)22-16(3)18-8-6-7-9-19(18)24-23(22)20-11-10-15(2)26-25(20)28-24/h6-14H,5H2,1-4H3/q+1/i5D2. The van der Waals surface area contributed by atoms with Gasteiger partial charge in [-0.15, -0.1) is 0 Å². The number of aryl methyl sites for hydroxylation is 4. The smallest absolute Gasteiger partial charge is 0.227 e. The van der Waals surface area contributed by atoms with Crippen LogP contribution in [0.4, 0.5) is 0 Å². The molecule has 0 radical (unpaired) electrons. The molecule has 5 aromatic rings. The van der Waals surface area contributed by atoms with E-state index in [1.807, 2.05) is 55.1 Å². The van der Waals surface area contributed by atoms with Crippen LogP contribution in [0.2, 0.25) is 0 Å². The van der Waals surface area contributed by atoms with Crippen LogP contribution in [0.25, 0.3) is 44.1 Å². The lowest BCUT2D eigenvalue weighted by molar-refractivity contribution is -0.660. The van der Waals surface area contributed by atoms with Crippen LogP contribution in [0.3, 0.4) is 0 Å². The second kappa shape index (κ2) is 6.16. The molecule has 3 heteroatoms. The van der Waals surface area contributed by atoms with Crippen molar-refractivity contribution in [3.8, 4) is 11.3 Å². The Kier molecular flexibility index (Phi) is 3.26. The van der Waals surface area contributed by atoms with Crippen molar-refractivity contribution in [2.24, 2.45) is 7.05 Å². The predicted octanol–water partition coefficient (Wildman–Crippen LogP) is 5.80. The third kappa shape index (κ3) is 2.36. The minimum atomic E-state index is -1.43. The van der Waals surface area contributed by atoms with Crippen molar-refractivity contribution >= 4 is 32.8 Å². The van der Waals surface area contributed by atoms with Crippen LogP contribution >= 0.6 is 0 Å². The number of hydrogen-bond donors (Lipinski definition) is 0. The molecular formula is C25H23N2O+. The highest BCUT2D eigenvalue weighted by atomic mass is 16.3. The molecule has 0 amide bonds. The average Bonchev–Trinajstić information content (AvgIpc) is 3.07. The van der Waals surface area contributed by atoms with Crippen LogP contribution in [0.1, 0.15) is 26.5 Å². The second-order valence-corrected chi connectivity index (χ2v) is 7.32. The zero-order chi connectivity index (χ0) is 21.2. The van der Waals surface area contributed by atoms with E-state index in [1.54, 1.807) is 6.92 Å². The fourth-order valence-electron chi connectivity index (χ4n) is 4.13. The topological polar surface area (TPSA) is 29.9 Å². The average molecular weight is 369 g/mol. The number of benzene rings is 2. The molecule has 0 aliphatic carbocycles. The fourth-order valence-corrected chi connectivity index (χ4v) is 4.13. The van der Waals surface area contributed by atoms with Crippen molar-refractivity contribution in [3.05, 3.63) is 71.5 Å². The van der Waals surface area contributed by atoms with E-state index in [0.717, 1.165) is 49.6 Å². The molecule has 0 aliphatic rings. The van der Waals surface area contributed by atoms with Crippen molar-refractivity contribution in [3.63, 3.8) is 0 Å². The normalized spacial score (nSPS) is 13.3. The number of furan rings is 1. The maximum Gasteiger partial charge on any atom is 0.227 e. The minimum Gasteiger partial charge on any atom is -0.437 e. The molecule has 3 aromatic heterocycles. The fraction of sp³-hybridized carbons (Fsp3) is 0.200. The molecule has 0 atom stereocenters. The molecule has 138 valence electrons. The second-order valence-electron chi connectivity index (χ2n) is 7.32. The zero-order valence-electron chi connectivity index (χ0n) is 18.5. The lowest BCUT2D eigenvalue weighted by Crippen LogP contribution is -2.30. The van der Waals surface area contributed by atoms with E-state index in [0.29, 0.717) is 11.3 Å². The van der Waals surface area contributed by atoms with E-state index in [4.69, 9.17) is 7.16 Å². The van der Waals surface area contributed by atoms with E-state index in [1.165, 1.54) is 0 Å². The molecule has 0 unspecified atom stereocenters. The third-order valence-corrected chi connectivity index (χ3v) is 5.59. The van der Waals surface area contributed by atoms with E-state index in [2.05, 4.69) is 30.1 Å². The number of pyridine rings is 2. The van der Waals surface area contributed by atoms with Crippen LogP contribution in [-0.2, 0) is 13.4 Å². The number of nitrogens with zero attached hydrogens (tertiary/aromatic N) is 2. The highest BCUT2D eigenvalue weighted by Crippen LogP contribution is 2.42. The maximum atomic E-state index is 8.20. The monoisotopic (exact) mass is 369 g/mol. The molecule has 0 N–H and O–H groups in total. The van der Waals surface area contributed by atoms with Crippen molar-refractivity contribution in [2.45, 2.75) is 27.1 Å². The van der Waals surface area contributed by atoms with Crippen LogP contribution in [-0.4, -0.2) is 4.98 Å². The van der Waals surface area contributed by atoms with Crippen molar-refractivity contribution < 1.29 is 11.7 Å². The highest BCUT2D eigenvalue weighted by molar-refractivity contribution is 6.21. The van der Waals surface area contributed by atoms with Crippen molar-refractivity contribution in [1.82, 2.24) is 4.98 Å². The summed E-state index contributed by atoms with van der Waals surface area (Å²) in [6.07, 6.45) is 0.501. The summed E-state index contributed by atoms with van der Waals surface area (Å²) in [5, 5.41) is 4.19. The lowest BCUT2D eigenvalue weighted by Gasteiger charge is -2.11. The van der Waals surface area contributed by atoms with E-state index in [9.17, 15) is 0 Å². The molecule has 28 heavy (non-hydrogen) atoms. The van der Waals surface area contributed by atoms with Gasteiger partial charge in [-0.2, -0.15) is 0 Å². The molecule has 0 aliphatic heterocycles. The zero-order valence-corrected chi connectivity index (χ0v) is 16.5. The Bertz CT molecular complexity index is 1460. The summed E-state index contributed by atoms with van der Waals surface area (Å²) < 4.78 is 24.8. The van der Waals surface area contributed by atoms with Crippen molar-refractivity contribution in [1.29, 1.82) is 0 Å². The first-order valence-electron chi connectivity index (χ1n) is 10.5. The number of rotatable bonds is 2. The molecule has 0 spiro atoms. The molecular weight excluding hydrogens is 344 g/mol. The van der Waals surface area contributed by atoms with Crippen LogP contribution < -0.4 is 4.57 Å². The molecule has 2 aromatic carbocycles. The van der Waals surface area contributed by atoms with Gasteiger partial charge in [0.25, 0.3) is 0 Å². The van der Waals surface area contributed by atoms with E-state index >= 15 is 0 Å². The van der Waals surface area contributed by atoms with Gasteiger partial charge in [-0.05, 0) is 48.9 Å². The van der Waals surface area contributed by atoms with E-state index in [-0.39, 0.29) is 0 Å². The summed E-state index contributed by atoms with van der Waals surface area (Å²) in [5.74, 6) is 0. The van der Waals surface area contributed by atoms with Gasteiger partial charge in [0.05, 0.1) is 5.56 Å². The molecule has 0 saturated heterocycles. The number of fused-ring (bicyclic) bond motifs is 5. The summed E-state index contributed by atoms with van der Waals surface area (Å²) in [6.45, 7) is 5.68. The number of hydrogen-bond acceptors (Lipinski definition) is 2. The first-order valence-corrected chi connectivity index (χ1v) is 9.47. The Labute approximate surface area is 167 Å². The van der Waals surface area contributed by atoms with Crippen LogP contribution in [0, 0.1) is 13.8 Å². The molecule has 0 bridgehead atoms. The van der Waals surface area contributed by atoms with Gasteiger partial charge in [0.1, 0.15) is 12.6 Å². The quantitative estimate of drug-likeness (QED) is 0.368. The summed E-state index contributed by atoms with van der Waals surface area (Å²) in [5.41, 5.74) is 6.17. The molecule has 5 rings (SSSR count). The molecule has 0 fully saturated rings. The SMILES string of the molecule is [2H]C([2H])(C)c1cc[n+](C)c(-c2c(C)c3ccccc3c3oc4nc(C)ccc4c23)c1. The Balaban J connectivity index is 2.02.